The number of nitrogen functional groups attached to an aromatic ring is 1. The van der Waals surface area contributed by atoms with E-state index in [0.717, 1.165) is 0 Å². The summed E-state index contributed by atoms with van der Waals surface area (Å²) >= 11 is 0. The number of benzene rings is 1. The molecule has 1 aromatic carbocycles. The van der Waals surface area contributed by atoms with Gasteiger partial charge in [-0.3, -0.25) is 4.79 Å². The molecule has 1 aromatic rings. The van der Waals surface area contributed by atoms with Gasteiger partial charge in [-0.1, -0.05) is 13.0 Å². The molecule has 0 aliphatic rings. The number of rotatable bonds is 6. The average molecular weight is 252 g/mol. The summed E-state index contributed by atoms with van der Waals surface area (Å²) in [6.45, 7) is 3.15. The lowest BCUT2D eigenvalue weighted by molar-refractivity contribution is 0.0934. The molecule has 1 atom stereocenters. The zero-order chi connectivity index (χ0) is 13.5. The first-order valence-corrected chi connectivity index (χ1v) is 5.79. The molecule has 0 aliphatic carbocycles. The number of methoxy groups -OCH3 is 2. The van der Waals surface area contributed by atoms with Crippen LogP contribution >= 0.6 is 0 Å². The topological polar surface area (TPSA) is 73.6 Å². The van der Waals surface area contributed by atoms with E-state index in [-0.39, 0.29) is 11.8 Å². The van der Waals surface area contributed by atoms with Crippen molar-refractivity contribution in [1.82, 2.24) is 5.32 Å². The first-order valence-electron chi connectivity index (χ1n) is 5.79. The summed E-state index contributed by atoms with van der Waals surface area (Å²) in [4.78, 5) is 12.0. The van der Waals surface area contributed by atoms with Gasteiger partial charge in [-0.15, -0.1) is 0 Å². The lowest BCUT2D eigenvalue weighted by atomic mass is 10.1. The molecule has 1 unspecified atom stereocenters. The molecule has 0 aliphatic heterocycles. The first kappa shape index (κ1) is 14.3. The van der Waals surface area contributed by atoms with Gasteiger partial charge in [0, 0.05) is 13.7 Å². The first-order chi connectivity index (χ1) is 8.60. The molecule has 5 heteroatoms. The molecule has 3 N–H and O–H groups in total. The largest absolute Gasteiger partial charge is 0.495 e. The Morgan fingerprint density at radius 1 is 1.44 bits per heavy atom. The van der Waals surface area contributed by atoms with Crippen LogP contribution in [-0.2, 0) is 4.74 Å². The minimum atomic E-state index is -0.200. The van der Waals surface area contributed by atoms with Crippen molar-refractivity contribution in [1.29, 1.82) is 0 Å². The number of amides is 1. The molecule has 18 heavy (non-hydrogen) atoms. The maximum Gasteiger partial charge on any atom is 0.253 e. The molecule has 100 valence electrons. The molecular formula is C13H20N2O3. The zero-order valence-corrected chi connectivity index (χ0v) is 11.0. The number of hydrogen-bond acceptors (Lipinski definition) is 4. The third-order valence-electron chi connectivity index (χ3n) is 2.59. The number of carbonyl (C=O) groups excluding carboxylic acids is 1. The van der Waals surface area contributed by atoms with Crippen molar-refractivity contribution in [2.24, 2.45) is 5.92 Å². The van der Waals surface area contributed by atoms with E-state index < -0.39 is 0 Å². The fourth-order valence-electron chi connectivity index (χ4n) is 1.63. The molecule has 5 nitrogen and oxygen atoms in total. The van der Waals surface area contributed by atoms with Crippen molar-refractivity contribution in [3.05, 3.63) is 23.8 Å². The van der Waals surface area contributed by atoms with Crippen LogP contribution in [0.5, 0.6) is 5.75 Å². The van der Waals surface area contributed by atoms with Gasteiger partial charge < -0.3 is 20.5 Å². The van der Waals surface area contributed by atoms with E-state index in [9.17, 15) is 4.79 Å². The predicted molar refractivity (Wildman–Crippen MR) is 70.8 cm³/mol. The van der Waals surface area contributed by atoms with Crippen LogP contribution in [0.25, 0.3) is 0 Å². The standard InChI is InChI=1S/C13H20N2O3/c1-9(8-17-2)7-15-13(16)10-5-4-6-11(18-3)12(10)14/h4-6,9H,7-8,14H2,1-3H3,(H,15,16). The Morgan fingerprint density at radius 2 is 2.17 bits per heavy atom. The van der Waals surface area contributed by atoms with Crippen LogP contribution in [0.1, 0.15) is 17.3 Å². The fraction of sp³-hybridized carbons (Fsp3) is 0.462. The number of hydrogen-bond donors (Lipinski definition) is 2. The van der Waals surface area contributed by atoms with E-state index >= 15 is 0 Å². The van der Waals surface area contributed by atoms with Gasteiger partial charge in [0.15, 0.2) is 0 Å². The molecule has 0 heterocycles. The second kappa shape index (κ2) is 6.86. The van der Waals surface area contributed by atoms with Crippen LogP contribution in [0.4, 0.5) is 5.69 Å². The highest BCUT2D eigenvalue weighted by Crippen LogP contribution is 2.24. The molecule has 0 bridgehead atoms. The van der Waals surface area contributed by atoms with Crippen LogP contribution in [-0.4, -0.2) is 33.3 Å². The Kier molecular flexibility index (Phi) is 5.45. The summed E-state index contributed by atoms with van der Waals surface area (Å²) in [5, 5.41) is 2.82. The van der Waals surface area contributed by atoms with Gasteiger partial charge >= 0.3 is 0 Å². The van der Waals surface area contributed by atoms with Gasteiger partial charge in [0.2, 0.25) is 0 Å². The SMILES string of the molecule is COCC(C)CNC(=O)c1cccc(OC)c1N. The number of carbonyl (C=O) groups is 1. The summed E-state index contributed by atoms with van der Waals surface area (Å²) in [7, 11) is 3.16. The average Bonchev–Trinajstić information content (AvgIpc) is 2.36. The van der Waals surface area contributed by atoms with Gasteiger partial charge in [-0.05, 0) is 18.1 Å². The molecule has 0 fully saturated rings. The zero-order valence-electron chi connectivity index (χ0n) is 11.0. The normalized spacial score (nSPS) is 11.9. The predicted octanol–water partition coefficient (Wildman–Crippen LogP) is 1.29. The number of anilines is 1. The highest BCUT2D eigenvalue weighted by atomic mass is 16.5. The molecule has 0 radical (unpaired) electrons. The lowest BCUT2D eigenvalue weighted by Gasteiger charge is -2.13. The minimum Gasteiger partial charge on any atom is -0.495 e. The van der Waals surface area contributed by atoms with Gasteiger partial charge in [0.25, 0.3) is 5.91 Å². The minimum absolute atomic E-state index is 0.200. The van der Waals surface area contributed by atoms with E-state index in [1.165, 1.54) is 7.11 Å². The van der Waals surface area contributed by atoms with E-state index in [1.54, 1.807) is 25.3 Å². The van der Waals surface area contributed by atoms with Gasteiger partial charge in [0.05, 0.1) is 25.0 Å². The van der Waals surface area contributed by atoms with Crippen molar-refractivity contribution in [3.63, 3.8) is 0 Å². The molecule has 1 rings (SSSR count). The van der Waals surface area contributed by atoms with Gasteiger partial charge in [-0.2, -0.15) is 0 Å². The summed E-state index contributed by atoms with van der Waals surface area (Å²) in [5.74, 6) is 0.563. The van der Waals surface area contributed by atoms with Crippen molar-refractivity contribution in [2.45, 2.75) is 6.92 Å². The van der Waals surface area contributed by atoms with E-state index in [0.29, 0.717) is 30.2 Å². The Labute approximate surface area is 107 Å². The van der Waals surface area contributed by atoms with E-state index in [1.807, 2.05) is 6.92 Å². The highest BCUT2D eigenvalue weighted by Gasteiger charge is 2.13. The van der Waals surface area contributed by atoms with Gasteiger partial charge in [-0.25, -0.2) is 0 Å². The molecule has 0 saturated carbocycles. The number of nitrogens with one attached hydrogen (secondary N) is 1. The molecule has 0 saturated heterocycles. The van der Waals surface area contributed by atoms with Crippen LogP contribution in [0.15, 0.2) is 18.2 Å². The van der Waals surface area contributed by atoms with Crippen LogP contribution < -0.4 is 15.8 Å². The summed E-state index contributed by atoms with van der Waals surface area (Å²) in [6, 6.07) is 5.14. The summed E-state index contributed by atoms with van der Waals surface area (Å²) < 4.78 is 10.1. The number of nitrogens with two attached hydrogens (primary N) is 1. The number of ether oxygens (including phenoxy) is 2. The van der Waals surface area contributed by atoms with E-state index in [4.69, 9.17) is 15.2 Å². The summed E-state index contributed by atoms with van der Waals surface area (Å²) in [6.07, 6.45) is 0. The monoisotopic (exact) mass is 252 g/mol. The van der Waals surface area contributed by atoms with E-state index in [2.05, 4.69) is 5.32 Å². The van der Waals surface area contributed by atoms with Crippen LogP contribution in [0.3, 0.4) is 0 Å². The third kappa shape index (κ3) is 3.63. The van der Waals surface area contributed by atoms with Crippen molar-refractivity contribution in [2.75, 3.05) is 33.1 Å². The quantitative estimate of drug-likeness (QED) is 0.748. The second-order valence-electron chi connectivity index (χ2n) is 4.19. The Morgan fingerprint density at radius 3 is 2.78 bits per heavy atom. The fourth-order valence-corrected chi connectivity index (χ4v) is 1.63. The molecule has 0 aromatic heterocycles. The van der Waals surface area contributed by atoms with Crippen LogP contribution in [0, 0.1) is 5.92 Å². The maximum atomic E-state index is 12.0. The molecular weight excluding hydrogens is 232 g/mol. The second-order valence-corrected chi connectivity index (χ2v) is 4.19. The Bertz CT molecular complexity index is 407. The smallest absolute Gasteiger partial charge is 0.253 e. The maximum absolute atomic E-state index is 12.0. The Hall–Kier alpha value is -1.75. The third-order valence-corrected chi connectivity index (χ3v) is 2.59. The number of para-hydroxylation sites is 1. The van der Waals surface area contributed by atoms with Crippen molar-refractivity contribution in [3.8, 4) is 5.75 Å². The molecule has 1 amide bonds. The lowest BCUT2D eigenvalue weighted by Crippen LogP contribution is -2.30. The van der Waals surface area contributed by atoms with Crippen molar-refractivity contribution < 1.29 is 14.3 Å². The Balaban J connectivity index is 2.67. The van der Waals surface area contributed by atoms with Gasteiger partial charge in [0.1, 0.15) is 5.75 Å². The highest BCUT2D eigenvalue weighted by molar-refractivity contribution is 6.00. The van der Waals surface area contributed by atoms with Crippen LogP contribution in [0.2, 0.25) is 0 Å². The summed E-state index contributed by atoms with van der Waals surface area (Å²) in [5.41, 5.74) is 6.64. The molecule has 0 spiro atoms. The van der Waals surface area contributed by atoms with Crippen molar-refractivity contribution >= 4 is 11.6 Å².